The van der Waals surface area contributed by atoms with E-state index < -0.39 is 22.5 Å². The molecule has 3 N–H and O–H groups in total. The second kappa shape index (κ2) is 10.5. The number of carbonyl (C=O) groups excluding carboxylic acids is 1. The first-order chi connectivity index (χ1) is 16.6. The standard InChI is InChI=1S/C23H25BrFN5O4S/c1-14-9-30(10-15-3-2-4-17(24)5-15)11-19(14)22(31)18-8-27-13-28-23(18)29-21-7-16(6-20(21)25)12-34-35(26,32)33/h2-5,8-9,11,13,16,20-21H,6-7,10,12H2,1H3,(H2,26,32,33)(H,27,28,29). The van der Waals surface area contributed by atoms with Crippen LogP contribution in [-0.2, 0) is 21.0 Å². The van der Waals surface area contributed by atoms with Gasteiger partial charge in [-0.1, -0.05) is 28.1 Å². The lowest BCUT2D eigenvalue weighted by atomic mass is 10.0. The Bertz CT molecular complexity index is 1330. The molecule has 0 radical (unpaired) electrons. The molecule has 3 atom stereocenters. The van der Waals surface area contributed by atoms with Crippen LogP contribution < -0.4 is 10.5 Å². The lowest BCUT2D eigenvalue weighted by Crippen LogP contribution is -2.27. The average molecular weight is 566 g/mol. The van der Waals surface area contributed by atoms with Crippen molar-refractivity contribution in [3.05, 3.63) is 75.9 Å². The van der Waals surface area contributed by atoms with Gasteiger partial charge in [-0.05, 0) is 48.9 Å². The van der Waals surface area contributed by atoms with Crippen LogP contribution in [0.1, 0.15) is 39.9 Å². The SMILES string of the molecule is Cc1cn(Cc2cccc(Br)c2)cc1C(=O)c1cncnc1NC1CC(COS(N)(=O)=O)CC1F. The molecule has 35 heavy (non-hydrogen) atoms. The molecule has 0 spiro atoms. The zero-order chi connectivity index (χ0) is 25.2. The molecule has 1 aliphatic carbocycles. The van der Waals surface area contributed by atoms with Gasteiger partial charge in [-0.15, -0.1) is 0 Å². The second-order valence-electron chi connectivity index (χ2n) is 8.65. The first-order valence-corrected chi connectivity index (χ1v) is 13.2. The molecule has 0 amide bonds. The van der Waals surface area contributed by atoms with Crippen molar-refractivity contribution in [1.29, 1.82) is 0 Å². The van der Waals surface area contributed by atoms with Gasteiger partial charge in [0.05, 0.1) is 18.2 Å². The Morgan fingerprint density at radius 2 is 2.11 bits per heavy atom. The summed E-state index contributed by atoms with van der Waals surface area (Å²) in [5.41, 5.74) is 2.60. The predicted octanol–water partition coefficient (Wildman–Crippen LogP) is 3.38. The fraction of sp³-hybridized carbons (Fsp3) is 0.348. The van der Waals surface area contributed by atoms with Gasteiger partial charge >= 0.3 is 10.3 Å². The monoisotopic (exact) mass is 565 g/mol. The molecule has 2 aromatic heterocycles. The molecule has 12 heteroatoms. The van der Waals surface area contributed by atoms with Gasteiger partial charge in [0.15, 0.2) is 5.78 Å². The number of nitrogens with two attached hydrogens (primary N) is 1. The molecule has 1 aliphatic rings. The van der Waals surface area contributed by atoms with Crippen molar-refractivity contribution in [1.82, 2.24) is 14.5 Å². The van der Waals surface area contributed by atoms with Gasteiger partial charge in [0.2, 0.25) is 0 Å². The number of anilines is 1. The third-order valence-electron chi connectivity index (χ3n) is 5.91. The van der Waals surface area contributed by atoms with Crippen LogP contribution in [0.15, 0.2) is 53.7 Å². The summed E-state index contributed by atoms with van der Waals surface area (Å²) in [7, 11) is -4.09. The quantitative estimate of drug-likeness (QED) is 0.380. The van der Waals surface area contributed by atoms with E-state index in [0.29, 0.717) is 18.5 Å². The van der Waals surface area contributed by atoms with Crippen molar-refractivity contribution in [3.8, 4) is 0 Å². The zero-order valence-electron chi connectivity index (χ0n) is 18.9. The number of alkyl halides is 1. The third-order valence-corrected chi connectivity index (χ3v) is 6.87. The second-order valence-corrected chi connectivity index (χ2v) is 10.8. The molecule has 3 aromatic rings. The number of rotatable bonds is 9. The van der Waals surface area contributed by atoms with Crippen molar-refractivity contribution in [3.63, 3.8) is 0 Å². The van der Waals surface area contributed by atoms with Gasteiger partial charge in [-0.3, -0.25) is 8.98 Å². The Kier molecular flexibility index (Phi) is 7.64. The number of aromatic nitrogens is 3. The zero-order valence-corrected chi connectivity index (χ0v) is 21.3. The molecule has 4 rings (SSSR count). The first-order valence-electron chi connectivity index (χ1n) is 10.9. The maximum Gasteiger partial charge on any atom is 0.333 e. The molecule has 1 aromatic carbocycles. The van der Waals surface area contributed by atoms with Crippen LogP contribution in [0, 0.1) is 12.8 Å². The summed E-state index contributed by atoms with van der Waals surface area (Å²) in [5.74, 6) is -0.387. The Morgan fingerprint density at radius 1 is 1.31 bits per heavy atom. The van der Waals surface area contributed by atoms with Crippen LogP contribution >= 0.6 is 15.9 Å². The van der Waals surface area contributed by atoms with Crippen LogP contribution in [0.4, 0.5) is 10.2 Å². The molecule has 0 bridgehead atoms. The van der Waals surface area contributed by atoms with Crippen LogP contribution in [-0.4, -0.2) is 47.6 Å². The molecular formula is C23H25BrFN5O4S. The van der Waals surface area contributed by atoms with Gasteiger partial charge in [0.1, 0.15) is 18.3 Å². The van der Waals surface area contributed by atoms with Crippen molar-refractivity contribution in [2.75, 3.05) is 11.9 Å². The summed E-state index contributed by atoms with van der Waals surface area (Å²) in [6.45, 7) is 2.25. The Balaban J connectivity index is 1.49. The highest BCUT2D eigenvalue weighted by atomic mass is 79.9. The summed E-state index contributed by atoms with van der Waals surface area (Å²) < 4.78 is 44.3. The van der Waals surface area contributed by atoms with E-state index in [2.05, 4.69) is 35.4 Å². The molecule has 1 saturated carbocycles. The summed E-state index contributed by atoms with van der Waals surface area (Å²) in [5, 5.41) is 7.87. The third kappa shape index (κ3) is 6.51. The van der Waals surface area contributed by atoms with E-state index >= 15 is 0 Å². The van der Waals surface area contributed by atoms with Gasteiger partial charge in [-0.25, -0.2) is 19.5 Å². The highest BCUT2D eigenvalue weighted by molar-refractivity contribution is 9.10. The van der Waals surface area contributed by atoms with E-state index in [-0.39, 0.29) is 36.1 Å². The van der Waals surface area contributed by atoms with E-state index in [1.807, 2.05) is 42.0 Å². The van der Waals surface area contributed by atoms with Crippen molar-refractivity contribution >= 4 is 37.8 Å². The summed E-state index contributed by atoms with van der Waals surface area (Å²) >= 11 is 3.47. The van der Waals surface area contributed by atoms with E-state index in [0.717, 1.165) is 15.6 Å². The minimum Gasteiger partial charge on any atom is -0.364 e. The molecule has 0 aliphatic heterocycles. The largest absolute Gasteiger partial charge is 0.364 e. The lowest BCUT2D eigenvalue weighted by Gasteiger charge is -2.17. The number of aryl methyl sites for hydroxylation is 1. The normalized spacial score (nSPS) is 20.2. The number of nitrogens with one attached hydrogen (secondary N) is 1. The van der Waals surface area contributed by atoms with Crippen LogP contribution in [0.5, 0.6) is 0 Å². The van der Waals surface area contributed by atoms with Gasteiger partial charge in [-0.2, -0.15) is 8.42 Å². The fourth-order valence-electron chi connectivity index (χ4n) is 4.29. The number of hydrogen-bond acceptors (Lipinski definition) is 7. The molecular weight excluding hydrogens is 541 g/mol. The number of carbonyl (C=O) groups is 1. The first kappa shape index (κ1) is 25.4. The highest BCUT2D eigenvalue weighted by Crippen LogP contribution is 2.32. The maximum absolute atomic E-state index is 14.7. The van der Waals surface area contributed by atoms with Crippen molar-refractivity contribution in [2.24, 2.45) is 11.1 Å². The van der Waals surface area contributed by atoms with Gasteiger partial charge in [0.25, 0.3) is 0 Å². The Labute approximate surface area is 211 Å². The van der Waals surface area contributed by atoms with Crippen molar-refractivity contribution in [2.45, 2.75) is 38.5 Å². The van der Waals surface area contributed by atoms with Crippen LogP contribution in [0.3, 0.4) is 0 Å². The molecule has 3 unspecified atom stereocenters. The van der Waals surface area contributed by atoms with Gasteiger partial charge in [0, 0.05) is 35.2 Å². The predicted molar refractivity (Wildman–Crippen MR) is 132 cm³/mol. The minimum absolute atomic E-state index is 0.110. The summed E-state index contributed by atoms with van der Waals surface area (Å²) in [6.07, 6.45) is 5.52. The highest BCUT2D eigenvalue weighted by Gasteiger charge is 2.36. The number of ketones is 1. The lowest BCUT2D eigenvalue weighted by molar-refractivity contribution is 0.103. The van der Waals surface area contributed by atoms with E-state index in [9.17, 15) is 17.6 Å². The topological polar surface area (TPSA) is 129 Å². The van der Waals surface area contributed by atoms with Gasteiger partial charge < -0.3 is 9.88 Å². The molecule has 9 nitrogen and oxygen atoms in total. The average Bonchev–Trinajstić information content (AvgIpc) is 3.33. The Morgan fingerprint density at radius 3 is 2.86 bits per heavy atom. The number of halogens is 2. The maximum atomic E-state index is 14.7. The minimum atomic E-state index is -4.09. The van der Waals surface area contributed by atoms with E-state index in [1.54, 1.807) is 6.20 Å². The van der Waals surface area contributed by atoms with Crippen LogP contribution in [0.2, 0.25) is 0 Å². The number of nitrogens with zero attached hydrogens (tertiary/aromatic N) is 3. The van der Waals surface area contributed by atoms with Crippen molar-refractivity contribution < 1.29 is 21.8 Å². The fourth-order valence-corrected chi connectivity index (χ4v) is 5.12. The number of hydrogen-bond donors (Lipinski definition) is 2. The number of benzene rings is 1. The molecule has 1 fully saturated rings. The van der Waals surface area contributed by atoms with Crippen LogP contribution in [0.25, 0.3) is 0 Å². The molecule has 186 valence electrons. The van der Waals surface area contributed by atoms with E-state index in [4.69, 9.17) is 5.14 Å². The summed E-state index contributed by atoms with van der Waals surface area (Å²) in [6, 6.07) is 7.26. The molecule has 0 saturated heterocycles. The Hall–Kier alpha value is -2.67. The smallest absolute Gasteiger partial charge is 0.333 e. The molecule has 2 heterocycles. The summed E-state index contributed by atoms with van der Waals surface area (Å²) in [4.78, 5) is 21.6. The van der Waals surface area contributed by atoms with E-state index in [1.165, 1.54) is 12.5 Å².